The van der Waals surface area contributed by atoms with Crippen molar-refractivity contribution in [2.75, 3.05) is 24.6 Å². The van der Waals surface area contributed by atoms with E-state index in [9.17, 15) is 4.79 Å². The third-order valence-electron chi connectivity index (χ3n) is 11.1. The fourth-order valence-corrected chi connectivity index (χ4v) is 8.98. The molecule has 4 aliphatic rings. The summed E-state index contributed by atoms with van der Waals surface area (Å²) in [4.78, 5) is 16.4. The molecular weight excluding hydrogens is 692 g/mol. The van der Waals surface area contributed by atoms with Crippen molar-refractivity contribution in [3.05, 3.63) is 99.1 Å². The molecule has 0 bridgehead atoms. The van der Waals surface area contributed by atoms with Crippen molar-refractivity contribution in [3.8, 4) is 11.5 Å². The Labute approximate surface area is 314 Å². The van der Waals surface area contributed by atoms with Gasteiger partial charge in [-0.2, -0.15) is 0 Å². The van der Waals surface area contributed by atoms with Gasteiger partial charge in [-0.1, -0.05) is 43.5 Å². The predicted molar refractivity (Wildman–Crippen MR) is 197 cm³/mol. The molecule has 0 aromatic heterocycles. The van der Waals surface area contributed by atoms with E-state index < -0.39 is 10.2 Å². The average molecular weight is 743 g/mol. The van der Waals surface area contributed by atoms with Gasteiger partial charge in [-0.05, 0) is 101 Å². The number of hydrogen-bond acceptors (Lipinski definition) is 8. The summed E-state index contributed by atoms with van der Waals surface area (Å²) >= 11 is 0. The molecule has 7 rings (SSSR count). The molecule has 3 aromatic rings. The average Bonchev–Trinajstić information content (AvgIpc) is 3.08. The summed E-state index contributed by atoms with van der Waals surface area (Å²) in [5.74, 6) is 1.83. The Morgan fingerprint density at radius 2 is 1.53 bits per heavy atom. The lowest BCUT2D eigenvalue weighted by Gasteiger charge is -2.43. The van der Waals surface area contributed by atoms with Crippen LogP contribution in [0.1, 0.15) is 120 Å². The lowest BCUT2D eigenvalue weighted by molar-refractivity contribution is -2.00. The first-order valence-corrected chi connectivity index (χ1v) is 19.9. The van der Waals surface area contributed by atoms with E-state index in [1.165, 1.54) is 52.6 Å². The van der Waals surface area contributed by atoms with Gasteiger partial charge in [0.25, 0.3) is 0 Å². The largest absolute Gasteiger partial charge is 0.462 e. The lowest BCUT2D eigenvalue weighted by atomic mass is 9.83. The Morgan fingerprint density at radius 3 is 2.19 bits per heavy atom. The molecule has 0 amide bonds. The minimum atomic E-state index is -4.94. The molecule has 10 heteroatoms. The number of carbonyl (C=O) groups excluding carboxylic acids is 1. The Balaban J connectivity index is 0.000000902. The van der Waals surface area contributed by atoms with Gasteiger partial charge in [-0.25, -0.2) is 28.0 Å². The van der Waals surface area contributed by atoms with Crippen molar-refractivity contribution in [1.29, 1.82) is 0 Å². The number of allylic oxidation sites excluding steroid dienone is 2. The van der Waals surface area contributed by atoms with Gasteiger partial charge >= 0.3 is 5.97 Å². The zero-order valence-electron chi connectivity index (χ0n) is 32.1. The van der Waals surface area contributed by atoms with E-state index in [1.807, 2.05) is 18.2 Å². The second-order valence-corrected chi connectivity index (χ2v) is 16.4. The number of fused-ring (bicyclic) bond motifs is 4. The molecule has 0 radical (unpaired) electrons. The standard InChI is InChI=1S/C43H51N2O3.ClHO4/c1-9-44-36-22-38-34(20-32(36)27(3)24-42(44,5)6)40(30-18-14-15-19-31(30)41(46)47-26-29-16-12-11-13-17-29)35-21-33-28(4)25-43(7,8)45(10-2)37(33)23-39(35)48-38;2-1(3,4)5/h14-15,18-25,29H,9-13,16-17,26H2,1-8H3;(H,2,3,4,5)/q+1;/p-1. The van der Waals surface area contributed by atoms with Crippen LogP contribution in [0.2, 0.25) is 0 Å². The molecule has 1 aliphatic carbocycles. The molecule has 0 atom stereocenters. The van der Waals surface area contributed by atoms with Crippen molar-refractivity contribution in [2.24, 2.45) is 5.92 Å². The number of halogens is 1. The topological polar surface area (TPSA) is 134 Å². The minimum Gasteiger partial charge on any atom is -0.462 e. The maximum atomic E-state index is 14.0. The summed E-state index contributed by atoms with van der Waals surface area (Å²) in [6, 6.07) is 17.0. The van der Waals surface area contributed by atoms with Gasteiger partial charge in [0.1, 0.15) is 18.0 Å². The Kier molecular flexibility index (Phi) is 10.7. The van der Waals surface area contributed by atoms with Gasteiger partial charge in [0.05, 0.1) is 23.8 Å². The Bertz CT molecular complexity index is 2110. The molecule has 3 aliphatic heterocycles. The van der Waals surface area contributed by atoms with Crippen molar-refractivity contribution < 1.29 is 43.1 Å². The number of esters is 1. The van der Waals surface area contributed by atoms with E-state index in [0.29, 0.717) is 18.1 Å². The maximum Gasteiger partial charge on any atom is 0.338 e. The zero-order valence-corrected chi connectivity index (χ0v) is 32.9. The van der Waals surface area contributed by atoms with E-state index in [-0.39, 0.29) is 17.0 Å². The van der Waals surface area contributed by atoms with Crippen LogP contribution in [-0.2, 0) is 4.74 Å². The number of benzene rings is 3. The van der Waals surface area contributed by atoms with Crippen molar-refractivity contribution in [3.63, 3.8) is 0 Å². The zero-order chi connectivity index (χ0) is 38.5. The monoisotopic (exact) mass is 742 g/mol. The van der Waals surface area contributed by atoms with Gasteiger partial charge in [0.2, 0.25) is 5.36 Å². The summed E-state index contributed by atoms with van der Waals surface area (Å²) in [6.07, 6.45) is 10.7. The first kappa shape index (κ1) is 38.7. The highest BCUT2D eigenvalue weighted by molar-refractivity contribution is 6.00. The molecule has 0 unspecified atom stereocenters. The van der Waals surface area contributed by atoms with Crippen LogP contribution >= 0.6 is 0 Å². The van der Waals surface area contributed by atoms with Crippen LogP contribution in [0.15, 0.2) is 60.7 Å². The molecule has 9 nitrogen and oxygen atoms in total. The third kappa shape index (κ3) is 7.82. The summed E-state index contributed by atoms with van der Waals surface area (Å²) < 4.78 is 49.5. The fourth-order valence-electron chi connectivity index (χ4n) is 8.98. The first-order valence-electron chi connectivity index (χ1n) is 18.7. The molecular formula is C43H51ClN2O7. The second-order valence-electron chi connectivity index (χ2n) is 15.7. The van der Waals surface area contributed by atoms with E-state index in [2.05, 4.69) is 107 Å². The first-order chi connectivity index (χ1) is 24.9. The molecule has 3 heterocycles. The van der Waals surface area contributed by atoms with Crippen molar-refractivity contribution in [1.82, 2.24) is 4.58 Å². The van der Waals surface area contributed by atoms with Crippen LogP contribution in [-0.4, -0.2) is 36.7 Å². The van der Waals surface area contributed by atoms with Crippen LogP contribution in [0.25, 0.3) is 16.7 Å². The summed E-state index contributed by atoms with van der Waals surface area (Å²) in [7, 11) is -4.94. The molecule has 0 saturated heterocycles. The second kappa shape index (κ2) is 14.7. The molecule has 0 spiro atoms. The highest BCUT2D eigenvalue weighted by Crippen LogP contribution is 2.46. The smallest absolute Gasteiger partial charge is 0.338 e. The van der Waals surface area contributed by atoms with E-state index in [1.54, 1.807) is 0 Å². The summed E-state index contributed by atoms with van der Waals surface area (Å²) in [5.41, 5.74) is 9.33. The van der Waals surface area contributed by atoms with Crippen LogP contribution in [0.3, 0.4) is 0 Å². The number of hydrogen-bond donors (Lipinski definition) is 0. The van der Waals surface area contributed by atoms with Crippen LogP contribution in [0.5, 0.6) is 11.5 Å². The molecule has 1 fully saturated rings. The summed E-state index contributed by atoms with van der Waals surface area (Å²) in [6.45, 7) is 20.2. The van der Waals surface area contributed by atoms with E-state index in [4.69, 9.17) is 28.1 Å². The number of nitrogens with zero attached hydrogens (tertiary/aromatic N) is 2. The van der Waals surface area contributed by atoms with Crippen LogP contribution in [0, 0.1) is 16.2 Å². The van der Waals surface area contributed by atoms with Crippen molar-refractivity contribution in [2.45, 2.75) is 98.6 Å². The highest BCUT2D eigenvalue weighted by Gasteiger charge is 2.36. The van der Waals surface area contributed by atoms with Crippen molar-refractivity contribution >= 4 is 28.4 Å². The van der Waals surface area contributed by atoms with Gasteiger partial charge in [0, 0.05) is 59.6 Å². The normalized spacial score (nSPS) is 18.6. The highest BCUT2D eigenvalue weighted by atomic mass is 35.7. The quantitative estimate of drug-likeness (QED) is 0.216. The van der Waals surface area contributed by atoms with Crippen LogP contribution < -0.4 is 43.4 Å². The molecule has 282 valence electrons. The lowest BCUT2D eigenvalue weighted by Crippen LogP contribution is -2.68. The number of carbonyl (C=O) groups is 1. The Hall–Kier alpha value is -3.99. The van der Waals surface area contributed by atoms with Gasteiger partial charge in [0.15, 0.2) is 5.54 Å². The number of likely N-dealkylation sites (N-methyl/N-ethyl adjacent to an activating group) is 2. The fraction of sp³-hybridized carbons (Fsp3) is 0.442. The number of rotatable bonds is 6. The van der Waals surface area contributed by atoms with Gasteiger partial charge in [-0.3, -0.25) is 0 Å². The molecule has 0 N–H and O–H groups in total. The van der Waals surface area contributed by atoms with E-state index >= 15 is 0 Å². The van der Waals surface area contributed by atoms with Gasteiger partial charge < -0.3 is 14.4 Å². The van der Waals surface area contributed by atoms with Crippen LogP contribution in [0.4, 0.5) is 5.69 Å². The number of ether oxygens (including phenoxy) is 2. The van der Waals surface area contributed by atoms with E-state index in [0.717, 1.165) is 59.3 Å². The molecule has 53 heavy (non-hydrogen) atoms. The minimum absolute atomic E-state index is 0.121. The Morgan fingerprint density at radius 1 is 0.868 bits per heavy atom. The predicted octanol–water partition coefficient (Wildman–Crippen LogP) is 3.75. The third-order valence-corrected chi connectivity index (χ3v) is 11.1. The molecule has 1 saturated carbocycles. The van der Waals surface area contributed by atoms with Gasteiger partial charge in [-0.15, -0.1) is 10.2 Å². The molecule has 3 aromatic carbocycles. The maximum absolute atomic E-state index is 14.0. The number of anilines is 1. The summed E-state index contributed by atoms with van der Waals surface area (Å²) in [5, 5.41) is 2.18. The SMILES string of the molecule is CCN1c2cc3c(cc2C(C)=CC1(C)C)C(c1ccccc1C(=O)OCC1CCCCC1)=c1cc2c(cc1O3)=[N+](CC)C(C)(C)C=C2C.[O-][Cl+3]([O-])([O-])[O-].